The van der Waals surface area contributed by atoms with Crippen LogP contribution in [0.3, 0.4) is 0 Å². The minimum Gasteiger partial charge on any atom is -0.497 e. The molecule has 158 valence electrons. The summed E-state index contributed by atoms with van der Waals surface area (Å²) in [5, 5.41) is 5.55. The molecular formula is C25H25N3O3. The minimum absolute atomic E-state index is 0.125. The molecule has 2 aromatic rings. The Bertz CT molecular complexity index is 1120. The number of ether oxygens (including phenoxy) is 1. The van der Waals surface area contributed by atoms with E-state index in [9.17, 15) is 9.59 Å². The number of methoxy groups -OCH3 is 1. The Balaban J connectivity index is 1.28. The van der Waals surface area contributed by atoms with E-state index in [4.69, 9.17) is 4.74 Å². The first kappa shape index (κ1) is 18.6. The van der Waals surface area contributed by atoms with Crippen molar-refractivity contribution < 1.29 is 14.3 Å². The van der Waals surface area contributed by atoms with E-state index in [1.165, 1.54) is 0 Å². The first-order valence-electron chi connectivity index (χ1n) is 10.9. The Morgan fingerprint density at radius 1 is 1.00 bits per heavy atom. The lowest BCUT2D eigenvalue weighted by atomic mass is 9.63. The number of benzene rings is 1. The highest BCUT2D eigenvalue weighted by atomic mass is 16.5. The molecule has 31 heavy (non-hydrogen) atoms. The van der Waals surface area contributed by atoms with Crippen molar-refractivity contribution in [3.63, 3.8) is 0 Å². The summed E-state index contributed by atoms with van der Waals surface area (Å²) in [5.41, 5.74) is 3.98. The third-order valence-corrected chi connectivity index (χ3v) is 7.75. The maximum atomic E-state index is 13.1. The van der Waals surface area contributed by atoms with E-state index in [-0.39, 0.29) is 35.5 Å². The van der Waals surface area contributed by atoms with Gasteiger partial charge in [0.25, 0.3) is 11.8 Å². The molecule has 5 aliphatic rings. The van der Waals surface area contributed by atoms with Crippen molar-refractivity contribution >= 4 is 18.0 Å². The van der Waals surface area contributed by atoms with E-state index in [1.807, 2.05) is 44.2 Å². The smallest absolute Gasteiger partial charge is 0.254 e. The molecule has 6 nitrogen and oxygen atoms in total. The molecule has 2 saturated carbocycles. The van der Waals surface area contributed by atoms with Crippen LogP contribution in [0.15, 0.2) is 47.6 Å². The zero-order valence-corrected chi connectivity index (χ0v) is 17.9. The molecule has 3 fully saturated rings. The number of nitrogens with zero attached hydrogens (tertiary/aromatic N) is 3. The van der Waals surface area contributed by atoms with Crippen molar-refractivity contribution in [3.8, 4) is 11.4 Å². The lowest BCUT2D eigenvalue weighted by Gasteiger charge is -2.37. The van der Waals surface area contributed by atoms with Gasteiger partial charge >= 0.3 is 0 Å². The van der Waals surface area contributed by atoms with Crippen LogP contribution in [0, 0.1) is 49.4 Å². The monoisotopic (exact) mass is 415 g/mol. The molecule has 1 aliphatic heterocycles. The van der Waals surface area contributed by atoms with Gasteiger partial charge in [0, 0.05) is 22.6 Å². The van der Waals surface area contributed by atoms with E-state index >= 15 is 0 Å². The van der Waals surface area contributed by atoms with Crippen LogP contribution in [0.4, 0.5) is 0 Å². The summed E-state index contributed by atoms with van der Waals surface area (Å²) < 4.78 is 7.38. The van der Waals surface area contributed by atoms with Gasteiger partial charge in [-0.3, -0.25) is 9.59 Å². The van der Waals surface area contributed by atoms with E-state index in [0.29, 0.717) is 11.8 Å². The van der Waals surface area contributed by atoms with Crippen LogP contribution in [0.2, 0.25) is 0 Å². The van der Waals surface area contributed by atoms with Gasteiger partial charge in [0.05, 0.1) is 25.2 Å². The molecule has 0 unspecified atom stereocenters. The first-order valence-corrected chi connectivity index (χ1v) is 10.9. The highest BCUT2D eigenvalue weighted by Gasteiger charge is 2.67. The van der Waals surface area contributed by atoms with E-state index < -0.39 is 0 Å². The molecule has 1 aromatic heterocycles. The van der Waals surface area contributed by atoms with Crippen LogP contribution in [-0.2, 0) is 9.59 Å². The predicted molar refractivity (Wildman–Crippen MR) is 116 cm³/mol. The van der Waals surface area contributed by atoms with Gasteiger partial charge in [0.1, 0.15) is 5.75 Å². The van der Waals surface area contributed by atoms with Gasteiger partial charge in [-0.1, -0.05) is 12.2 Å². The highest BCUT2D eigenvalue weighted by Crippen LogP contribution is 2.65. The first-order chi connectivity index (χ1) is 15.0. The Hall–Kier alpha value is -3.15. The standard InChI is InChI=1S/C25H25N3O3/c1-13-10-15(14(2)27(13)16-4-6-17(31-3)7-5-16)12-26-28-24(29)22-18-8-9-19(21-11-20(18)21)23(22)25(28)30/h4-10,12,18-23H,11H2,1-3H3/b26-12-/t18-,19-,20-,21-,22+,23+/m0/s1. The number of aryl methyl sites for hydroxylation is 1. The van der Waals surface area contributed by atoms with Crippen molar-refractivity contribution in [2.75, 3.05) is 7.11 Å². The average molecular weight is 415 g/mol. The number of hydrazone groups is 1. The van der Waals surface area contributed by atoms with Crippen molar-refractivity contribution in [2.24, 2.45) is 40.6 Å². The molecule has 2 amide bonds. The highest BCUT2D eigenvalue weighted by molar-refractivity contribution is 6.06. The number of hydrogen-bond donors (Lipinski definition) is 0. The van der Waals surface area contributed by atoms with Crippen molar-refractivity contribution in [1.82, 2.24) is 9.58 Å². The lowest BCUT2D eigenvalue weighted by Crippen LogP contribution is -2.40. The fourth-order valence-corrected chi connectivity index (χ4v) is 6.22. The third kappa shape index (κ3) is 2.54. The summed E-state index contributed by atoms with van der Waals surface area (Å²) in [6.45, 7) is 4.05. The number of amides is 2. The van der Waals surface area contributed by atoms with Crippen LogP contribution in [0.25, 0.3) is 5.69 Å². The number of carbonyl (C=O) groups excluding carboxylic acids is 2. The fraction of sp³-hybridized carbons (Fsp3) is 0.400. The van der Waals surface area contributed by atoms with Crippen LogP contribution in [0.5, 0.6) is 5.75 Å². The number of rotatable bonds is 4. The molecule has 6 atom stereocenters. The second-order valence-electron chi connectivity index (χ2n) is 9.25. The zero-order chi connectivity index (χ0) is 21.4. The molecule has 1 saturated heterocycles. The molecule has 4 aliphatic carbocycles. The Morgan fingerprint density at radius 3 is 2.19 bits per heavy atom. The zero-order valence-electron chi connectivity index (χ0n) is 17.9. The Kier molecular flexibility index (Phi) is 3.86. The number of hydrogen-bond acceptors (Lipinski definition) is 4. The van der Waals surface area contributed by atoms with Gasteiger partial charge in [0.15, 0.2) is 0 Å². The summed E-state index contributed by atoms with van der Waals surface area (Å²) in [7, 11) is 1.65. The summed E-state index contributed by atoms with van der Waals surface area (Å²) in [6, 6.07) is 9.90. The molecule has 1 aromatic carbocycles. The normalized spacial score (nSPS) is 32.7. The van der Waals surface area contributed by atoms with E-state index in [0.717, 1.165) is 39.8 Å². The summed E-state index contributed by atoms with van der Waals surface area (Å²) >= 11 is 0. The van der Waals surface area contributed by atoms with Gasteiger partial charge in [-0.15, -0.1) is 0 Å². The van der Waals surface area contributed by atoms with Gasteiger partial charge in [-0.2, -0.15) is 10.1 Å². The van der Waals surface area contributed by atoms with Crippen molar-refractivity contribution in [2.45, 2.75) is 20.3 Å². The summed E-state index contributed by atoms with van der Waals surface area (Å²) in [6.07, 6.45) is 7.18. The van der Waals surface area contributed by atoms with Crippen LogP contribution in [-0.4, -0.2) is 34.7 Å². The van der Waals surface area contributed by atoms with E-state index in [2.05, 4.69) is 21.8 Å². The van der Waals surface area contributed by atoms with Gasteiger partial charge in [-0.25, -0.2) is 0 Å². The number of aromatic nitrogens is 1. The van der Waals surface area contributed by atoms with Gasteiger partial charge in [-0.05, 0) is 74.3 Å². The number of carbonyl (C=O) groups is 2. The third-order valence-electron chi connectivity index (χ3n) is 7.75. The average Bonchev–Trinajstić information content (AvgIpc) is 3.50. The molecule has 2 bridgehead atoms. The van der Waals surface area contributed by atoms with Crippen LogP contribution in [0.1, 0.15) is 23.4 Å². The number of imide groups is 1. The largest absolute Gasteiger partial charge is 0.497 e. The van der Waals surface area contributed by atoms with Crippen LogP contribution >= 0.6 is 0 Å². The Morgan fingerprint density at radius 2 is 1.61 bits per heavy atom. The van der Waals surface area contributed by atoms with E-state index in [1.54, 1.807) is 13.3 Å². The fourth-order valence-electron chi connectivity index (χ4n) is 6.22. The lowest BCUT2D eigenvalue weighted by molar-refractivity contribution is -0.140. The molecule has 6 heteroatoms. The molecule has 2 heterocycles. The maximum absolute atomic E-state index is 13.1. The minimum atomic E-state index is -0.213. The summed E-state index contributed by atoms with van der Waals surface area (Å²) in [4.78, 5) is 26.2. The molecule has 0 N–H and O–H groups in total. The molecule has 0 radical (unpaired) electrons. The molecular weight excluding hydrogens is 390 g/mol. The van der Waals surface area contributed by atoms with Gasteiger partial charge < -0.3 is 9.30 Å². The van der Waals surface area contributed by atoms with Crippen LogP contribution < -0.4 is 4.74 Å². The maximum Gasteiger partial charge on any atom is 0.254 e. The van der Waals surface area contributed by atoms with Gasteiger partial charge in [0.2, 0.25) is 0 Å². The SMILES string of the molecule is COc1ccc(-n2c(C)cc(/C=N\N3C(=O)[C@@H]4[C@H]5C=C[C@@H]([C@@H]6C[C@@H]56)[C@H]4C3=O)c2C)cc1. The molecule has 0 spiro atoms. The second-order valence-corrected chi connectivity index (χ2v) is 9.25. The summed E-state index contributed by atoms with van der Waals surface area (Å²) in [5.74, 6) is 1.76. The Labute approximate surface area is 181 Å². The predicted octanol–water partition coefficient (Wildman–Crippen LogP) is 3.49. The second kappa shape index (κ2) is 6.42. The topological polar surface area (TPSA) is 63.9 Å². The quantitative estimate of drug-likeness (QED) is 0.436. The number of allylic oxidation sites excluding steroid dienone is 2. The van der Waals surface area contributed by atoms with Crippen molar-refractivity contribution in [3.05, 3.63) is 59.4 Å². The molecule has 7 rings (SSSR count). The van der Waals surface area contributed by atoms with Crippen molar-refractivity contribution in [1.29, 1.82) is 0 Å².